The summed E-state index contributed by atoms with van der Waals surface area (Å²) in [6.07, 6.45) is -2.60. The molecule has 0 saturated carbocycles. The number of pyridine rings is 1. The number of carbonyl (C=O) groups is 1. The van der Waals surface area contributed by atoms with E-state index in [-0.39, 0.29) is 24.6 Å². The van der Waals surface area contributed by atoms with E-state index < -0.39 is 47.3 Å². The number of aromatic nitrogens is 1. The minimum absolute atomic E-state index is 0.0373. The molecule has 158 valence electrons. The van der Waals surface area contributed by atoms with Crippen molar-refractivity contribution in [3.8, 4) is 0 Å². The molecule has 0 aliphatic carbocycles. The number of alkyl halides is 2. The van der Waals surface area contributed by atoms with E-state index in [0.29, 0.717) is 5.02 Å². The Morgan fingerprint density at radius 3 is 2.80 bits per heavy atom. The van der Waals surface area contributed by atoms with Crippen LogP contribution >= 0.6 is 11.6 Å². The SMILES string of the molecule is NC1=NC(c2cc(NC(=O)c3ccc(Cl)cn3)ccc2F)(C(F)F)C2COCC2O1. The highest BCUT2D eigenvalue weighted by Crippen LogP contribution is 2.48. The molecule has 1 amide bonds. The van der Waals surface area contributed by atoms with E-state index >= 15 is 0 Å². The van der Waals surface area contributed by atoms with Crippen molar-refractivity contribution in [2.45, 2.75) is 18.1 Å². The Morgan fingerprint density at radius 2 is 2.10 bits per heavy atom. The number of amides is 1. The zero-order valence-corrected chi connectivity index (χ0v) is 16.1. The van der Waals surface area contributed by atoms with Crippen LogP contribution in [-0.4, -0.2) is 42.7 Å². The van der Waals surface area contributed by atoms with Gasteiger partial charge in [-0.15, -0.1) is 0 Å². The molecule has 7 nitrogen and oxygen atoms in total. The predicted octanol–water partition coefficient (Wildman–Crippen LogP) is 2.95. The zero-order valence-electron chi connectivity index (χ0n) is 15.3. The number of hydrogen-bond donors (Lipinski definition) is 2. The van der Waals surface area contributed by atoms with Crippen LogP contribution in [0.5, 0.6) is 0 Å². The van der Waals surface area contributed by atoms with Gasteiger partial charge in [-0.1, -0.05) is 11.6 Å². The van der Waals surface area contributed by atoms with Crippen LogP contribution in [-0.2, 0) is 15.0 Å². The normalized spacial score (nSPS) is 25.4. The van der Waals surface area contributed by atoms with Gasteiger partial charge in [-0.2, -0.15) is 0 Å². The molecule has 2 aromatic rings. The molecule has 2 aliphatic rings. The second-order valence-electron chi connectivity index (χ2n) is 6.89. The number of nitrogens with one attached hydrogen (secondary N) is 1. The third-order valence-electron chi connectivity index (χ3n) is 5.11. The Morgan fingerprint density at radius 1 is 1.30 bits per heavy atom. The molecule has 1 fully saturated rings. The van der Waals surface area contributed by atoms with Crippen LogP contribution in [0.3, 0.4) is 0 Å². The van der Waals surface area contributed by atoms with Crippen LogP contribution < -0.4 is 11.1 Å². The number of aliphatic imine (C=N–C) groups is 1. The van der Waals surface area contributed by atoms with Gasteiger partial charge in [-0.3, -0.25) is 4.79 Å². The fraction of sp³-hybridized carbons (Fsp3) is 0.316. The van der Waals surface area contributed by atoms with E-state index in [1.54, 1.807) is 0 Å². The summed E-state index contributed by atoms with van der Waals surface area (Å²) in [6, 6.07) is 5.75. The summed E-state index contributed by atoms with van der Waals surface area (Å²) in [7, 11) is 0. The Bertz CT molecular complexity index is 1010. The second-order valence-corrected chi connectivity index (χ2v) is 7.32. The van der Waals surface area contributed by atoms with Gasteiger partial charge in [0.2, 0.25) is 0 Å². The van der Waals surface area contributed by atoms with Crippen molar-refractivity contribution in [2.75, 3.05) is 18.5 Å². The van der Waals surface area contributed by atoms with E-state index in [4.69, 9.17) is 26.8 Å². The minimum atomic E-state index is -3.10. The van der Waals surface area contributed by atoms with Crippen molar-refractivity contribution >= 4 is 29.2 Å². The van der Waals surface area contributed by atoms with Gasteiger partial charge in [0, 0.05) is 17.4 Å². The number of hydrogen-bond acceptors (Lipinski definition) is 6. The first-order valence-electron chi connectivity index (χ1n) is 8.92. The van der Waals surface area contributed by atoms with Gasteiger partial charge in [-0.05, 0) is 30.3 Å². The molecule has 1 aromatic carbocycles. The molecule has 1 aromatic heterocycles. The maximum atomic E-state index is 14.8. The number of ether oxygens (including phenoxy) is 2. The van der Waals surface area contributed by atoms with Gasteiger partial charge in [0.25, 0.3) is 18.4 Å². The van der Waals surface area contributed by atoms with Crippen LogP contribution in [0.2, 0.25) is 5.02 Å². The van der Waals surface area contributed by atoms with Crippen molar-refractivity contribution < 1.29 is 27.4 Å². The van der Waals surface area contributed by atoms with E-state index in [1.807, 2.05) is 0 Å². The van der Waals surface area contributed by atoms with Gasteiger partial charge < -0.3 is 20.5 Å². The van der Waals surface area contributed by atoms with Crippen LogP contribution in [0.25, 0.3) is 0 Å². The number of halogens is 4. The van der Waals surface area contributed by atoms with E-state index in [1.165, 1.54) is 24.4 Å². The molecule has 0 spiro atoms. The number of fused-ring (bicyclic) bond motifs is 1. The van der Waals surface area contributed by atoms with Crippen LogP contribution in [0.1, 0.15) is 16.1 Å². The first kappa shape index (κ1) is 20.4. The zero-order chi connectivity index (χ0) is 21.5. The largest absolute Gasteiger partial charge is 0.459 e. The minimum Gasteiger partial charge on any atom is -0.459 e. The number of nitrogens with zero attached hydrogens (tertiary/aromatic N) is 2. The number of carbonyl (C=O) groups excluding carboxylic acids is 1. The van der Waals surface area contributed by atoms with Crippen molar-refractivity contribution in [3.63, 3.8) is 0 Å². The monoisotopic (exact) mass is 440 g/mol. The van der Waals surface area contributed by atoms with Crippen LogP contribution in [0.4, 0.5) is 18.9 Å². The average molecular weight is 441 g/mol. The maximum absolute atomic E-state index is 14.8. The highest BCUT2D eigenvalue weighted by Gasteiger charge is 2.58. The van der Waals surface area contributed by atoms with Gasteiger partial charge in [0.15, 0.2) is 5.54 Å². The Balaban J connectivity index is 1.73. The lowest BCUT2D eigenvalue weighted by Gasteiger charge is -2.40. The Labute approximate surface area is 174 Å². The standard InChI is InChI=1S/C19H16ClF3N4O3/c20-9-1-4-14(25-6-9)16(28)26-10-2-3-13(21)11(5-10)19(17(22)23)12-7-29-8-15(12)30-18(24)27-19/h1-6,12,15,17H,7-8H2,(H2,24,27)(H,26,28). The molecule has 3 N–H and O–H groups in total. The number of rotatable bonds is 4. The van der Waals surface area contributed by atoms with Crippen molar-refractivity contribution in [1.29, 1.82) is 0 Å². The summed E-state index contributed by atoms with van der Waals surface area (Å²) in [5.41, 5.74) is 3.04. The van der Waals surface area contributed by atoms with E-state index in [0.717, 1.165) is 12.1 Å². The molecule has 0 bridgehead atoms. The molecule has 4 rings (SSSR count). The lowest BCUT2D eigenvalue weighted by atomic mass is 9.76. The van der Waals surface area contributed by atoms with Crippen molar-refractivity contribution in [2.24, 2.45) is 16.6 Å². The lowest BCUT2D eigenvalue weighted by Crippen LogP contribution is -2.52. The highest BCUT2D eigenvalue weighted by atomic mass is 35.5. The Hall–Kier alpha value is -2.85. The molecule has 3 heterocycles. The van der Waals surface area contributed by atoms with E-state index in [2.05, 4.69) is 15.3 Å². The Kier molecular flexibility index (Phi) is 5.29. The summed E-state index contributed by atoms with van der Waals surface area (Å²) in [4.78, 5) is 20.1. The van der Waals surface area contributed by atoms with Gasteiger partial charge in [0.1, 0.15) is 17.6 Å². The maximum Gasteiger partial charge on any atom is 0.283 e. The first-order chi connectivity index (χ1) is 14.3. The smallest absolute Gasteiger partial charge is 0.283 e. The highest BCUT2D eigenvalue weighted by molar-refractivity contribution is 6.30. The third kappa shape index (κ3) is 3.46. The molecule has 2 aliphatic heterocycles. The molecule has 0 radical (unpaired) electrons. The molecule has 30 heavy (non-hydrogen) atoms. The average Bonchev–Trinajstić information content (AvgIpc) is 3.17. The molecule has 3 atom stereocenters. The van der Waals surface area contributed by atoms with Crippen molar-refractivity contribution in [3.05, 3.63) is 58.6 Å². The topological polar surface area (TPSA) is 98.8 Å². The number of nitrogens with two attached hydrogens (primary N) is 1. The summed E-state index contributed by atoms with van der Waals surface area (Å²) < 4.78 is 54.2. The summed E-state index contributed by atoms with van der Waals surface area (Å²) in [5, 5.41) is 2.86. The molecule has 1 saturated heterocycles. The molecular weight excluding hydrogens is 425 g/mol. The van der Waals surface area contributed by atoms with Crippen LogP contribution in [0.15, 0.2) is 41.5 Å². The van der Waals surface area contributed by atoms with Gasteiger partial charge >= 0.3 is 0 Å². The molecule has 3 unspecified atom stereocenters. The second kappa shape index (κ2) is 7.77. The van der Waals surface area contributed by atoms with Crippen LogP contribution in [0, 0.1) is 11.7 Å². The fourth-order valence-corrected chi connectivity index (χ4v) is 3.82. The van der Waals surface area contributed by atoms with Gasteiger partial charge in [0.05, 0.1) is 24.2 Å². The molecular formula is C19H16ClF3N4O3. The van der Waals surface area contributed by atoms with E-state index in [9.17, 15) is 18.0 Å². The van der Waals surface area contributed by atoms with Crippen molar-refractivity contribution in [1.82, 2.24) is 4.98 Å². The number of benzene rings is 1. The predicted molar refractivity (Wildman–Crippen MR) is 102 cm³/mol. The van der Waals surface area contributed by atoms with Gasteiger partial charge in [-0.25, -0.2) is 23.1 Å². The number of amidine groups is 1. The summed E-state index contributed by atoms with van der Waals surface area (Å²) >= 11 is 5.75. The summed E-state index contributed by atoms with van der Waals surface area (Å²) in [6.45, 7) is -0.0633. The number of anilines is 1. The fourth-order valence-electron chi connectivity index (χ4n) is 3.71. The summed E-state index contributed by atoms with van der Waals surface area (Å²) in [5.74, 6) is -2.49. The lowest BCUT2D eigenvalue weighted by molar-refractivity contribution is -0.0305. The third-order valence-corrected chi connectivity index (χ3v) is 5.33. The molecule has 11 heteroatoms. The quantitative estimate of drug-likeness (QED) is 0.761. The first-order valence-corrected chi connectivity index (χ1v) is 9.30.